The maximum absolute atomic E-state index is 12.7. The summed E-state index contributed by atoms with van der Waals surface area (Å²) in [5.41, 5.74) is 3.54. The molecule has 1 aromatic rings. The van der Waals surface area contributed by atoms with Crippen molar-refractivity contribution < 1.29 is 4.79 Å². The molecule has 0 spiro atoms. The van der Waals surface area contributed by atoms with Crippen molar-refractivity contribution in [3.63, 3.8) is 0 Å². The van der Waals surface area contributed by atoms with E-state index in [1.165, 1.54) is 24.0 Å². The van der Waals surface area contributed by atoms with Crippen LogP contribution in [0, 0.1) is 11.8 Å². The van der Waals surface area contributed by atoms with Gasteiger partial charge in [0.1, 0.15) is 0 Å². The zero-order valence-electron chi connectivity index (χ0n) is 14.0. The quantitative estimate of drug-likeness (QED) is 0.822. The van der Waals surface area contributed by atoms with E-state index in [9.17, 15) is 4.79 Å². The van der Waals surface area contributed by atoms with Crippen LogP contribution < -0.4 is 5.32 Å². The Morgan fingerprint density at radius 3 is 2.59 bits per heavy atom. The molecule has 1 aliphatic carbocycles. The Balaban J connectivity index is 1.85. The van der Waals surface area contributed by atoms with Gasteiger partial charge in [-0.05, 0) is 44.6 Å². The minimum absolute atomic E-state index is 0.00153. The number of allylic oxidation sites excluding steroid dienone is 1. The molecule has 118 valence electrons. The molecule has 1 N–H and O–H groups in total. The maximum Gasteiger partial charge on any atom is 0.160 e. The van der Waals surface area contributed by atoms with E-state index in [1.807, 2.05) is 6.08 Å². The molecule has 1 fully saturated rings. The molecule has 0 atom stereocenters. The summed E-state index contributed by atoms with van der Waals surface area (Å²) in [6, 6.07) is 8.44. The number of hydrogen-bond acceptors (Lipinski definition) is 2. The molecule has 1 aliphatic heterocycles. The Morgan fingerprint density at radius 1 is 1.18 bits per heavy atom. The Morgan fingerprint density at radius 2 is 1.86 bits per heavy atom. The van der Waals surface area contributed by atoms with Crippen molar-refractivity contribution in [2.75, 3.05) is 0 Å². The van der Waals surface area contributed by atoms with Gasteiger partial charge < -0.3 is 5.32 Å². The average Bonchev–Trinajstić information content (AvgIpc) is 2.46. The van der Waals surface area contributed by atoms with Crippen LogP contribution in [0.2, 0.25) is 0 Å². The molecule has 2 heteroatoms. The minimum Gasteiger partial charge on any atom is -0.379 e. The summed E-state index contributed by atoms with van der Waals surface area (Å²) in [6.07, 6.45) is 7.35. The highest BCUT2D eigenvalue weighted by atomic mass is 16.1. The van der Waals surface area contributed by atoms with Crippen molar-refractivity contribution in [3.8, 4) is 0 Å². The van der Waals surface area contributed by atoms with E-state index in [4.69, 9.17) is 0 Å². The fourth-order valence-electron chi connectivity index (χ4n) is 3.81. The summed E-state index contributed by atoms with van der Waals surface area (Å²) in [7, 11) is 0. The summed E-state index contributed by atoms with van der Waals surface area (Å²) in [5.74, 6) is 1.31. The molecule has 0 amide bonds. The Labute approximate surface area is 134 Å². The second kappa shape index (κ2) is 5.91. The van der Waals surface area contributed by atoms with Crippen molar-refractivity contribution in [2.24, 2.45) is 11.8 Å². The van der Waals surface area contributed by atoms with Crippen LogP contribution in [0.5, 0.6) is 0 Å². The van der Waals surface area contributed by atoms with E-state index >= 15 is 0 Å². The Bertz CT molecular complexity index is 591. The number of rotatable bonds is 2. The van der Waals surface area contributed by atoms with Crippen LogP contribution in [-0.2, 0) is 11.2 Å². The van der Waals surface area contributed by atoms with Gasteiger partial charge in [0, 0.05) is 28.8 Å². The van der Waals surface area contributed by atoms with Gasteiger partial charge in [0.15, 0.2) is 5.78 Å². The molecule has 0 bridgehead atoms. The van der Waals surface area contributed by atoms with Crippen molar-refractivity contribution in [2.45, 2.75) is 58.4 Å². The standard InChI is InChI=1S/C20H27NO/c1-14-8-10-15(11-9-14)19(22)12-18-17-7-5-4-6-16(17)13-20(2,3)21-18/h4-7,12,14-15,21H,8-11,13H2,1-3H3/t14-,15-. The number of fused-ring (bicyclic) bond motifs is 1. The highest BCUT2D eigenvalue weighted by Gasteiger charge is 2.29. The largest absolute Gasteiger partial charge is 0.379 e. The predicted octanol–water partition coefficient (Wildman–Crippen LogP) is 4.35. The van der Waals surface area contributed by atoms with Crippen LogP contribution in [0.1, 0.15) is 57.6 Å². The molecule has 1 heterocycles. The number of benzene rings is 1. The first kappa shape index (κ1) is 15.3. The van der Waals surface area contributed by atoms with E-state index in [0.717, 1.165) is 30.9 Å². The van der Waals surface area contributed by atoms with Crippen molar-refractivity contribution in [3.05, 3.63) is 41.5 Å². The second-order valence-corrected chi connectivity index (χ2v) is 7.76. The first-order chi connectivity index (χ1) is 10.4. The van der Waals surface area contributed by atoms with Gasteiger partial charge in [0.25, 0.3) is 0 Å². The van der Waals surface area contributed by atoms with Gasteiger partial charge >= 0.3 is 0 Å². The molecule has 0 saturated heterocycles. The third kappa shape index (κ3) is 3.26. The lowest BCUT2D eigenvalue weighted by atomic mass is 9.80. The van der Waals surface area contributed by atoms with Crippen molar-refractivity contribution >= 4 is 11.5 Å². The van der Waals surface area contributed by atoms with Crippen LogP contribution in [0.15, 0.2) is 30.3 Å². The topological polar surface area (TPSA) is 29.1 Å². The third-order valence-electron chi connectivity index (χ3n) is 5.12. The van der Waals surface area contributed by atoms with Gasteiger partial charge in [0.2, 0.25) is 0 Å². The molecule has 1 aromatic carbocycles. The van der Waals surface area contributed by atoms with Crippen molar-refractivity contribution in [1.82, 2.24) is 5.32 Å². The molecule has 3 rings (SSSR count). The Hall–Kier alpha value is -1.57. The summed E-state index contributed by atoms with van der Waals surface area (Å²) >= 11 is 0. The maximum atomic E-state index is 12.7. The van der Waals surface area contributed by atoms with Gasteiger partial charge in [0.05, 0.1) is 0 Å². The molecule has 1 saturated carbocycles. The highest BCUT2D eigenvalue weighted by molar-refractivity contribution is 5.98. The van der Waals surface area contributed by atoms with Crippen molar-refractivity contribution in [1.29, 1.82) is 0 Å². The molecule has 22 heavy (non-hydrogen) atoms. The molecular weight excluding hydrogens is 270 g/mol. The van der Waals surface area contributed by atoms with Gasteiger partial charge in [-0.15, -0.1) is 0 Å². The highest BCUT2D eigenvalue weighted by Crippen LogP contribution is 2.32. The van der Waals surface area contributed by atoms with Crippen LogP contribution in [0.4, 0.5) is 0 Å². The molecular formula is C20H27NO. The molecule has 2 aliphatic rings. The van der Waals surface area contributed by atoms with E-state index in [1.54, 1.807) is 0 Å². The van der Waals surface area contributed by atoms with Crippen LogP contribution in [0.25, 0.3) is 5.70 Å². The van der Waals surface area contributed by atoms with E-state index in [0.29, 0.717) is 5.78 Å². The fraction of sp³-hybridized carbons (Fsp3) is 0.550. The first-order valence-corrected chi connectivity index (χ1v) is 8.56. The minimum atomic E-state index is 0.00153. The molecule has 2 nitrogen and oxygen atoms in total. The summed E-state index contributed by atoms with van der Waals surface area (Å²) in [4.78, 5) is 12.7. The third-order valence-corrected chi connectivity index (χ3v) is 5.12. The number of nitrogens with one attached hydrogen (secondary N) is 1. The van der Waals surface area contributed by atoms with Crippen LogP contribution in [0.3, 0.4) is 0 Å². The lowest BCUT2D eigenvalue weighted by molar-refractivity contribution is -0.119. The summed E-state index contributed by atoms with van der Waals surface area (Å²) < 4.78 is 0. The zero-order chi connectivity index (χ0) is 15.7. The fourth-order valence-corrected chi connectivity index (χ4v) is 3.81. The summed E-state index contributed by atoms with van der Waals surface area (Å²) in [5, 5.41) is 3.57. The molecule has 0 unspecified atom stereocenters. The van der Waals surface area contributed by atoms with Gasteiger partial charge in [-0.3, -0.25) is 4.79 Å². The normalized spacial score (nSPS) is 28.8. The summed E-state index contributed by atoms with van der Waals surface area (Å²) in [6.45, 7) is 6.69. The SMILES string of the molecule is CC1(C)Cc2ccccc2C(=CC(=O)[C@H]2CC[C@H](C)CC2)N1. The first-order valence-electron chi connectivity index (χ1n) is 8.56. The van der Waals surface area contributed by atoms with Crippen LogP contribution in [-0.4, -0.2) is 11.3 Å². The van der Waals surface area contributed by atoms with E-state index in [2.05, 4.69) is 50.4 Å². The number of hydrogen-bond donors (Lipinski definition) is 1. The van der Waals surface area contributed by atoms with Gasteiger partial charge in [-0.25, -0.2) is 0 Å². The van der Waals surface area contributed by atoms with Crippen LogP contribution >= 0.6 is 0 Å². The number of carbonyl (C=O) groups excluding carboxylic acids is 1. The Kier molecular flexibility index (Phi) is 4.12. The predicted molar refractivity (Wildman–Crippen MR) is 91.5 cm³/mol. The zero-order valence-corrected chi connectivity index (χ0v) is 14.0. The number of ketones is 1. The molecule has 0 radical (unpaired) electrons. The van der Waals surface area contributed by atoms with Gasteiger partial charge in [-0.1, -0.05) is 44.0 Å². The lowest BCUT2D eigenvalue weighted by Crippen LogP contribution is -2.44. The van der Waals surface area contributed by atoms with Gasteiger partial charge in [-0.2, -0.15) is 0 Å². The monoisotopic (exact) mass is 297 g/mol. The second-order valence-electron chi connectivity index (χ2n) is 7.76. The van der Waals surface area contributed by atoms with E-state index < -0.39 is 0 Å². The number of carbonyl (C=O) groups is 1. The lowest BCUT2D eigenvalue weighted by Gasteiger charge is -2.36. The molecule has 0 aromatic heterocycles. The smallest absolute Gasteiger partial charge is 0.160 e. The van der Waals surface area contributed by atoms with E-state index in [-0.39, 0.29) is 11.5 Å². The average molecular weight is 297 g/mol.